The van der Waals surface area contributed by atoms with E-state index in [-0.39, 0.29) is 0 Å². The van der Waals surface area contributed by atoms with Gasteiger partial charge in [-0.15, -0.1) is 0 Å². The average Bonchev–Trinajstić information content (AvgIpc) is 2.54. The number of hydrogen-bond donors (Lipinski definition) is 1. The minimum Gasteiger partial charge on any atom is -0.459 e. The summed E-state index contributed by atoms with van der Waals surface area (Å²) < 4.78 is 18.5. The van der Waals surface area contributed by atoms with E-state index in [9.17, 15) is 14.1 Å². The molecule has 0 saturated heterocycles. The molecular formula is C20H24O4S. The molecule has 134 valence electrons. The van der Waals surface area contributed by atoms with E-state index in [1.807, 2.05) is 25.1 Å². The third-order valence-electron chi connectivity index (χ3n) is 3.55. The molecule has 0 radical (unpaired) electrons. The molecule has 5 heteroatoms. The molecule has 1 N–H and O–H groups in total. The molecule has 0 bridgehead atoms. The number of aliphatic hydroxyl groups is 1. The average molecular weight is 360 g/mol. The summed E-state index contributed by atoms with van der Waals surface area (Å²) in [6.07, 6.45) is -1.22. The highest BCUT2D eigenvalue weighted by Gasteiger charge is 2.37. The molecule has 25 heavy (non-hydrogen) atoms. The van der Waals surface area contributed by atoms with Gasteiger partial charge in [-0.1, -0.05) is 48.0 Å². The first-order valence-corrected chi connectivity index (χ1v) is 9.33. The summed E-state index contributed by atoms with van der Waals surface area (Å²) in [5, 5.41) is 9.54. The monoisotopic (exact) mass is 360 g/mol. The molecule has 0 amide bonds. The lowest BCUT2D eigenvalue weighted by Gasteiger charge is -2.26. The number of carbonyl (C=O) groups is 1. The van der Waals surface area contributed by atoms with E-state index in [1.54, 1.807) is 57.2 Å². The molecule has 0 aliphatic carbocycles. The van der Waals surface area contributed by atoms with Crippen LogP contribution in [0.5, 0.6) is 0 Å². The van der Waals surface area contributed by atoms with Crippen LogP contribution < -0.4 is 0 Å². The van der Waals surface area contributed by atoms with Gasteiger partial charge in [0.25, 0.3) is 0 Å². The van der Waals surface area contributed by atoms with Crippen LogP contribution in [0.4, 0.5) is 0 Å². The largest absolute Gasteiger partial charge is 0.459 e. The minimum absolute atomic E-state index is 0.483. The normalized spacial score (nSPS) is 15.2. The van der Waals surface area contributed by atoms with Crippen molar-refractivity contribution in [2.75, 3.05) is 0 Å². The number of carbonyl (C=O) groups excluding carboxylic acids is 1. The van der Waals surface area contributed by atoms with Crippen molar-refractivity contribution in [2.24, 2.45) is 0 Å². The topological polar surface area (TPSA) is 63.6 Å². The fourth-order valence-electron chi connectivity index (χ4n) is 2.34. The van der Waals surface area contributed by atoms with Crippen molar-refractivity contribution in [3.63, 3.8) is 0 Å². The zero-order valence-corrected chi connectivity index (χ0v) is 15.7. The van der Waals surface area contributed by atoms with Crippen molar-refractivity contribution >= 4 is 16.8 Å². The molecule has 0 fully saturated rings. The minimum atomic E-state index is -1.75. The zero-order chi connectivity index (χ0) is 18.6. The van der Waals surface area contributed by atoms with E-state index in [4.69, 9.17) is 4.74 Å². The second kappa shape index (κ2) is 7.93. The summed E-state index contributed by atoms with van der Waals surface area (Å²) >= 11 is 0. The number of aryl methyl sites for hydroxylation is 1. The molecular weight excluding hydrogens is 336 g/mol. The molecule has 0 aromatic heterocycles. The van der Waals surface area contributed by atoms with Gasteiger partial charge < -0.3 is 9.84 Å². The first-order chi connectivity index (χ1) is 11.7. The fourth-order valence-corrected chi connectivity index (χ4v) is 3.65. The van der Waals surface area contributed by atoms with Gasteiger partial charge in [-0.3, -0.25) is 9.00 Å². The van der Waals surface area contributed by atoms with Crippen LogP contribution in [0.3, 0.4) is 0 Å². The van der Waals surface area contributed by atoms with Crippen LogP contribution in [-0.2, 0) is 20.3 Å². The summed E-state index contributed by atoms with van der Waals surface area (Å²) in [5.74, 6) is -0.678. The number of aliphatic hydroxyl groups excluding tert-OH is 1. The Bertz CT molecular complexity index is 733. The van der Waals surface area contributed by atoms with Gasteiger partial charge in [0.05, 0.1) is 10.8 Å². The van der Waals surface area contributed by atoms with Crippen LogP contribution in [0.2, 0.25) is 0 Å². The van der Waals surface area contributed by atoms with E-state index >= 15 is 0 Å². The maximum atomic E-state index is 13.0. The summed E-state index contributed by atoms with van der Waals surface area (Å²) in [4.78, 5) is 13.2. The maximum absolute atomic E-state index is 13.0. The van der Waals surface area contributed by atoms with Crippen molar-refractivity contribution in [1.82, 2.24) is 0 Å². The SMILES string of the molecule is Cc1ccc(S(=O)[C@@H](C(=O)OC(C)(C)C)[C@@H](O)c2ccccc2)cc1. The summed E-state index contributed by atoms with van der Waals surface area (Å²) in [7, 11) is -1.75. The molecule has 2 aromatic carbocycles. The van der Waals surface area contributed by atoms with E-state index in [1.165, 1.54) is 0 Å². The van der Waals surface area contributed by atoms with Gasteiger partial charge in [-0.2, -0.15) is 0 Å². The zero-order valence-electron chi connectivity index (χ0n) is 14.9. The van der Waals surface area contributed by atoms with E-state index in [0.717, 1.165) is 5.56 Å². The Morgan fingerprint density at radius 1 is 1.04 bits per heavy atom. The molecule has 4 nitrogen and oxygen atoms in total. The molecule has 0 saturated carbocycles. The summed E-state index contributed by atoms with van der Waals surface area (Å²) in [6, 6.07) is 15.8. The molecule has 1 unspecified atom stereocenters. The molecule has 0 aliphatic rings. The van der Waals surface area contributed by atoms with Gasteiger partial charge in [-0.25, -0.2) is 0 Å². The van der Waals surface area contributed by atoms with Crippen LogP contribution in [0.1, 0.15) is 38.0 Å². The lowest BCUT2D eigenvalue weighted by atomic mass is 10.1. The van der Waals surface area contributed by atoms with Crippen LogP contribution in [0.25, 0.3) is 0 Å². The Balaban J connectivity index is 2.39. The van der Waals surface area contributed by atoms with Crippen molar-refractivity contribution in [1.29, 1.82) is 0 Å². The highest BCUT2D eigenvalue weighted by Crippen LogP contribution is 2.27. The third-order valence-corrected chi connectivity index (χ3v) is 5.20. The molecule has 0 heterocycles. The number of benzene rings is 2. The fraction of sp³-hybridized carbons (Fsp3) is 0.350. The standard InChI is InChI=1S/C20H24O4S/c1-14-10-12-16(13-11-14)25(23)18(19(22)24-20(2,3)4)17(21)15-8-6-5-7-9-15/h5-13,17-18,21H,1-4H3/t17-,18+,25?/m0/s1. The van der Waals surface area contributed by atoms with Gasteiger partial charge in [0.2, 0.25) is 0 Å². The number of rotatable bonds is 5. The Kier molecular flexibility index (Phi) is 6.14. The Labute approximate surface area is 151 Å². The summed E-state index contributed by atoms with van der Waals surface area (Å²) in [5.41, 5.74) is 0.820. The molecule has 3 atom stereocenters. The summed E-state index contributed by atoms with van der Waals surface area (Å²) in [6.45, 7) is 7.15. The van der Waals surface area contributed by atoms with E-state index in [0.29, 0.717) is 10.5 Å². The van der Waals surface area contributed by atoms with E-state index in [2.05, 4.69) is 0 Å². The van der Waals surface area contributed by atoms with Crippen LogP contribution >= 0.6 is 0 Å². The first kappa shape index (κ1) is 19.3. The smallest absolute Gasteiger partial charge is 0.325 e. The maximum Gasteiger partial charge on any atom is 0.325 e. The van der Waals surface area contributed by atoms with Gasteiger partial charge in [-0.05, 0) is 45.4 Å². The van der Waals surface area contributed by atoms with Crippen LogP contribution in [0, 0.1) is 6.92 Å². The van der Waals surface area contributed by atoms with Gasteiger partial charge in [0.15, 0.2) is 5.25 Å². The second-order valence-corrected chi connectivity index (χ2v) is 8.49. The van der Waals surface area contributed by atoms with Crippen molar-refractivity contribution in [3.05, 3.63) is 65.7 Å². The van der Waals surface area contributed by atoms with Gasteiger partial charge >= 0.3 is 5.97 Å². The predicted octanol–water partition coefficient (Wildman–Crippen LogP) is 3.55. The van der Waals surface area contributed by atoms with Crippen LogP contribution in [0.15, 0.2) is 59.5 Å². The Morgan fingerprint density at radius 2 is 1.60 bits per heavy atom. The number of hydrogen-bond acceptors (Lipinski definition) is 4. The van der Waals surface area contributed by atoms with Gasteiger partial charge in [0, 0.05) is 4.90 Å². The molecule has 2 rings (SSSR count). The predicted molar refractivity (Wildman–Crippen MR) is 98.6 cm³/mol. The molecule has 0 spiro atoms. The number of esters is 1. The van der Waals surface area contributed by atoms with Gasteiger partial charge in [0.1, 0.15) is 11.7 Å². The first-order valence-electron chi connectivity index (χ1n) is 8.12. The Hall–Kier alpha value is -1.98. The Morgan fingerprint density at radius 3 is 2.12 bits per heavy atom. The lowest BCUT2D eigenvalue weighted by molar-refractivity contribution is -0.156. The van der Waals surface area contributed by atoms with Crippen molar-refractivity contribution < 1.29 is 18.8 Å². The highest BCUT2D eigenvalue weighted by atomic mass is 32.2. The highest BCUT2D eigenvalue weighted by molar-refractivity contribution is 7.86. The molecule has 2 aromatic rings. The molecule has 0 aliphatic heterocycles. The number of ether oxygens (including phenoxy) is 1. The van der Waals surface area contributed by atoms with Crippen molar-refractivity contribution in [3.8, 4) is 0 Å². The third kappa shape index (κ3) is 5.25. The lowest BCUT2D eigenvalue weighted by Crippen LogP contribution is -2.38. The quantitative estimate of drug-likeness (QED) is 0.828. The van der Waals surface area contributed by atoms with Crippen molar-refractivity contribution in [2.45, 2.75) is 49.5 Å². The van der Waals surface area contributed by atoms with E-state index < -0.39 is 33.7 Å². The second-order valence-electron chi connectivity index (χ2n) is 6.92. The van der Waals surface area contributed by atoms with Crippen LogP contribution in [-0.4, -0.2) is 26.1 Å².